The van der Waals surface area contributed by atoms with Crippen LogP contribution in [-0.4, -0.2) is 49.4 Å². The lowest BCUT2D eigenvalue weighted by molar-refractivity contribution is 0.0603. The smallest absolute Gasteiger partial charge is 0.340 e. The Balaban J connectivity index is 1.78. The molecule has 3 aromatic rings. The Kier molecular flexibility index (Phi) is 6.17. The number of aromatic nitrogens is 1. The number of ether oxygens (including phenoxy) is 1. The second-order valence-corrected chi connectivity index (χ2v) is 9.96. The predicted octanol–water partition coefficient (Wildman–Crippen LogP) is 3.99. The molecule has 0 bridgehead atoms. The first kappa shape index (κ1) is 22.2. The van der Waals surface area contributed by atoms with Crippen molar-refractivity contribution in [2.24, 2.45) is 0 Å². The maximum Gasteiger partial charge on any atom is 0.340 e. The van der Waals surface area contributed by atoms with Crippen molar-refractivity contribution in [2.75, 3.05) is 20.2 Å². The van der Waals surface area contributed by atoms with E-state index in [1.165, 1.54) is 28.2 Å². The molecule has 8 heteroatoms. The minimum atomic E-state index is -3.70. The van der Waals surface area contributed by atoms with E-state index in [2.05, 4.69) is 0 Å². The molecule has 168 valence electrons. The van der Waals surface area contributed by atoms with E-state index in [0.717, 1.165) is 25.7 Å². The van der Waals surface area contributed by atoms with E-state index in [1.807, 2.05) is 0 Å². The third-order valence-electron chi connectivity index (χ3n) is 5.98. The Hall–Kier alpha value is -2.97. The van der Waals surface area contributed by atoms with Gasteiger partial charge in [-0.05, 0) is 43.5 Å². The fourth-order valence-electron chi connectivity index (χ4n) is 4.17. The number of hydrogen-bond acceptors (Lipinski definition) is 5. The molecule has 4 rings (SSSR count). The monoisotopic (exact) mass is 454 g/mol. The quantitative estimate of drug-likeness (QED) is 0.557. The summed E-state index contributed by atoms with van der Waals surface area (Å²) in [6.07, 6.45) is 5.17. The number of para-hydroxylation sites is 1. The number of benzene rings is 2. The van der Waals surface area contributed by atoms with Gasteiger partial charge in [-0.15, -0.1) is 0 Å². The minimum absolute atomic E-state index is 0.109. The lowest BCUT2D eigenvalue weighted by Gasteiger charge is -2.20. The van der Waals surface area contributed by atoms with Gasteiger partial charge in [-0.2, -0.15) is 4.31 Å². The van der Waals surface area contributed by atoms with Gasteiger partial charge in [0.1, 0.15) is 0 Å². The molecule has 0 spiro atoms. The van der Waals surface area contributed by atoms with Gasteiger partial charge in [-0.25, -0.2) is 13.2 Å². The molecule has 0 N–H and O–H groups in total. The summed E-state index contributed by atoms with van der Waals surface area (Å²) in [6, 6.07) is 11.7. The first-order chi connectivity index (χ1) is 15.3. The van der Waals surface area contributed by atoms with E-state index >= 15 is 0 Å². The average molecular weight is 455 g/mol. The Morgan fingerprint density at radius 1 is 0.938 bits per heavy atom. The van der Waals surface area contributed by atoms with Crippen LogP contribution < -0.4 is 0 Å². The summed E-state index contributed by atoms with van der Waals surface area (Å²) < 4.78 is 34.3. The van der Waals surface area contributed by atoms with Crippen LogP contribution in [0.2, 0.25) is 0 Å². The van der Waals surface area contributed by atoms with Crippen LogP contribution in [0, 0.1) is 6.92 Å². The highest BCUT2D eigenvalue weighted by Gasteiger charge is 2.27. The number of methoxy groups -OCH3 is 1. The second kappa shape index (κ2) is 8.88. The third kappa shape index (κ3) is 3.96. The fourth-order valence-corrected chi connectivity index (χ4v) is 5.72. The summed E-state index contributed by atoms with van der Waals surface area (Å²) in [4.78, 5) is 25.9. The van der Waals surface area contributed by atoms with Crippen LogP contribution in [0.3, 0.4) is 0 Å². The summed E-state index contributed by atoms with van der Waals surface area (Å²) in [6.45, 7) is 2.75. The number of fused-ring (bicyclic) bond motifs is 1. The van der Waals surface area contributed by atoms with E-state index < -0.39 is 21.9 Å². The van der Waals surface area contributed by atoms with Gasteiger partial charge < -0.3 is 4.74 Å². The summed E-state index contributed by atoms with van der Waals surface area (Å²) in [7, 11) is -2.41. The fraction of sp³-hybridized carbons (Fsp3) is 0.333. The topological polar surface area (TPSA) is 85.7 Å². The van der Waals surface area contributed by atoms with Crippen LogP contribution >= 0.6 is 0 Å². The number of sulfonamides is 1. The molecule has 0 saturated carbocycles. The molecular formula is C24H26N2O5S. The zero-order chi connectivity index (χ0) is 22.9. The second-order valence-electron chi connectivity index (χ2n) is 8.02. The standard InChI is InChI=1S/C24H26N2O5S/c1-17-11-12-18(32(29,30)25-13-7-3-4-8-14-25)15-20(17)23(27)26-16-21(24(28)31-2)19-9-5-6-10-22(19)26/h5-6,9-12,15-16H,3-4,7-8,13-14H2,1-2H3. The molecule has 0 unspecified atom stereocenters. The maximum absolute atomic E-state index is 13.5. The Morgan fingerprint density at radius 2 is 1.62 bits per heavy atom. The molecule has 0 atom stereocenters. The molecule has 0 amide bonds. The molecule has 1 aliphatic heterocycles. The van der Waals surface area contributed by atoms with Crippen molar-refractivity contribution in [2.45, 2.75) is 37.5 Å². The highest BCUT2D eigenvalue weighted by molar-refractivity contribution is 7.89. The summed E-state index contributed by atoms with van der Waals surface area (Å²) in [5, 5.41) is 0.596. The number of carbonyl (C=O) groups is 2. The molecule has 2 heterocycles. The van der Waals surface area contributed by atoms with Crippen LogP contribution in [0.25, 0.3) is 10.9 Å². The van der Waals surface area contributed by atoms with Crippen molar-refractivity contribution in [3.05, 3.63) is 65.4 Å². The van der Waals surface area contributed by atoms with Crippen molar-refractivity contribution in [1.82, 2.24) is 8.87 Å². The van der Waals surface area contributed by atoms with Crippen LogP contribution in [0.15, 0.2) is 53.6 Å². The van der Waals surface area contributed by atoms with Crippen molar-refractivity contribution in [1.29, 1.82) is 0 Å². The van der Waals surface area contributed by atoms with Crippen LogP contribution in [-0.2, 0) is 14.8 Å². The molecule has 0 radical (unpaired) electrons. The lowest BCUT2D eigenvalue weighted by atomic mass is 10.1. The number of aryl methyl sites for hydroxylation is 1. The number of nitrogens with zero attached hydrogens (tertiary/aromatic N) is 2. The van der Waals surface area contributed by atoms with Crippen molar-refractivity contribution in [3.8, 4) is 0 Å². The number of esters is 1. The normalized spacial score (nSPS) is 15.4. The number of carbonyl (C=O) groups excluding carboxylic acids is 2. The van der Waals surface area contributed by atoms with E-state index in [4.69, 9.17) is 4.74 Å². The van der Waals surface area contributed by atoms with Gasteiger partial charge in [0.2, 0.25) is 10.0 Å². The third-order valence-corrected chi connectivity index (χ3v) is 7.87. The van der Waals surface area contributed by atoms with Gasteiger partial charge in [-0.1, -0.05) is 37.1 Å². The van der Waals surface area contributed by atoms with E-state index in [0.29, 0.717) is 29.6 Å². The average Bonchev–Trinajstić information content (AvgIpc) is 2.96. The summed E-state index contributed by atoms with van der Waals surface area (Å²) >= 11 is 0. The van der Waals surface area contributed by atoms with E-state index in [-0.39, 0.29) is 16.0 Å². The molecule has 2 aromatic carbocycles. The molecule has 1 fully saturated rings. The molecule has 1 aromatic heterocycles. The largest absolute Gasteiger partial charge is 0.465 e. The minimum Gasteiger partial charge on any atom is -0.465 e. The highest BCUT2D eigenvalue weighted by Crippen LogP contribution is 2.26. The van der Waals surface area contributed by atoms with Gasteiger partial charge in [0.15, 0.2) is 0 Å². The highest BCUT2D eigenvalue weighted by atomic mass is 32.2. The molecular weight excluding hydrogens is 428 g/mol. The van der Waals surface area contributed by atoms with Gasteiger partial charge in [-0.3, -0.25) is 9.36 Å². The SMILES string of the molecule is COC(=O)c1cn(C(=O)c2cc(S(=O)(=O)N3CCCCCC3)ccc2C)c2ccccc12. The first-order valence-electron chi connectivity index (χ1n) is 10.7. The van der Waals surface area contributed by atoms with Crippen molar-refractivity contribution < 1.29 is 22.7 Å². The number of hydrogen-bond donors (Lipinski definition) is 0. The Bertz CT molecular complexity index is 1280. The molecule has 7 nitrogen and oxygen atoms in total. The first-order valence-corrected chi connectivity index (χ1v) is 12.1. The maximum atomic E-state index is 13.5. The van der Waals surface area contributed by atoms with Crippen LogP contribution in [0.5, 0.6) is 0 Å². The predicted molar refractivity (Wildman–Crippen MR) is 121 cm³/mol. The van der Waals surface area contributed by atoms with Crippen LogP contribution in [0.4, 0.5) is 0 Å². The van der Waals surface area contributed by atoms with Gasteiger partial charge >= 0.3 is 5.97 Å². The van der Waals surface area contributed by atoms with Crippen molar-refractivity contribution in [3.63, 3.8) is 0 Å². The molecule has 0 aliphatic carbocycles. The molecule has 32 heavy (non-hydrogen) atoms. The molecule has 1 saturated heterocycles. The molecule has 1 aliphatic rings. The van der Waals surface area contributed by atoms with Gasteiger partial charge in [0, 0.05) is 30.2 Å². The van der Waals surface area contributed by atoms with E-state index in [1.54, 1.807) is 43.3 Å². The number of rotatable bonds is 4. The van der Waals surface area contributed by atoms with Crippen LogP contribution in [0.1, 0.15) is 52.0 Å². The van der Waals surface area contributed by atoms with E-state index in [9.17, 15) is 18.0 Å². The zero-order valence-electron chi connectivity index (χ0n) is 18.2. The van der Waals surface area contributed by atoms with Gasteiger partial charge in [0.25, 0.3) is 5.91 Å². The van der Waals surface area contributed by atoms with Gasteiger partial charge in [0.05, 0.1) is 23.1 Å². The zero-order valence-corrected chi connectivity index (χ0v) is 19.0. The Morgan fingerprint density at radius 3 is 2.31 bits per heavy atom. The summed E-state index contributed by atoms with van der Waals surface area (Å²) in [5.74, 6) is -0.941. The van der Waals surface area contributed by atoms with Crippen molar-refractivity contribution >= 4 is 32.8 Å². The summed E-state index contributed by atoms with van der Waals surface area (Å²) in [5.41, 5.74) is 1.76. The Labute approximate surface area is 187 Å². The lowest BCUT2D eigenvalue weighted by Crippen LogP contribution is -2.32.